The fourth-order valence-corrected chi connectivity index (χ4v) is 2.41. The monoisotopic (exact) mass is 331 g/mol. The van der Waals surface area contributed by atoms with Gasteiger partial charge >= 0.3 is 6.03 Å². The lowest BCUT2D eigenvalue weighted by Gasteiger charge is -2.18. The van der Waals surface area contributed by atoms with Gasteiger partial charge in [0, 0.05) is 18.9 Å². The minimum Gasteiger partial charge on any atom is -0.496 e. The van der Waals surface area contributed by atoms with E-state index >= 15 is 0 Å². The summed E-state index contributed by atoms with van der Waals surface area (Å²) in [6, 6.07) is 5.98. The predicted molar refractivity (Wildman–Crippen MR) is 89.9 cm³/mol. The van der Waals surface area contributed by atoms with Crippen molar-refractivity contribution in [2.75, 3.05) is 12.4 Å². The lowest BCUT2D eigenvalue weighted by molar-refractivity contribution is 0.0997. The van der Waals surface area contributed by atoms with Crippen molar-refractivity contribution < 1.29 is 14.3 Å². The molecule has 0 spiro atoms. The van der Waals surface area contributed by atoms with E-state index in [4.69, 9.17) is 10.5 Å². The second-order valence-corrected chi connectivity index (χ2v) is 5.22. The highest BCUT2D eigenvalue weighted by Gasteiger charge is 2.16. The standard InChI is InChI=1S/C16H21N5O3/c1-4-12(13-7-8-18-21(13)2)20-16(23)19-10-5-6-14(24-3)11(9-10)15(17)22/h5-9,12H,4H2,1-3H3,(H2,17,22)(H2,19,20,23). The Labute approximate surface area is 140 Å². The lowest BCUT2D eigenvalue weighted by atomic mass is 10.1. The molecule has 3 amide bonds. The number of hydrogen-bond donors (Lipinski definition) is 3. The molecule has 0 fully saturated rings. The van der Waals surface area contributed by atoms with Crippen molar-refractivity contribution in [1.29, 1.82) is 0 Å². The summed E-state index contributed by atoms with van der Waals surface area (Å²) >= 11 is 0. The van der Waals surface area contributed by atoms with Gasteiger partial charge in [0.2, 0.25) is 0 Å². The quantitative estimate of drug-likeness (QED) is 0.749. The molecule has 24 heavy (non-hydrogen) atoms. The summed E-state index contributed by atoms with van der Waals surface area (Å²) in [5, 5.41) is 9.68. The van der Waals surface area contributed by atoms with E-state index in [9.17, 15) is 9.59 Å². The van der Waals surface area contributed by atoms with Gasteiger partial charge in [0.05, 0.1) is 24.4 Å². The molecule has 0 radical (unpaired) electrons. The number of anilines is 1. The molecule has 1 atom stereocenters. The Morgan fingerprint density at radius 1 is 1.38 bits per heavy atom. The largest absolute Gasteiger partial charge is 0.496 e. The number of primary amides is 1. The molecular weight excluding hydrogens is 310 g/mol. The van der Waals surface area contributed by atoms with Crippen LogP contribution in [-0.2, 0) is 7.05 Å². The SMILES string of the molecule is CCC(NC(=O)Nc1ccc(OC)c(C(N)=O)c1)c1ccnn1C. The Bertz CT molecular complexity index is 741. The number of nitrogens with one attached hydrogen (secondary N) is 2. The maximum Gasteiger partial charge on any atom is 0.319 e. The maximum atomic E-state index is 12.2. The van der Waals surface area contributed by atoms with Crippen molar-refractivity contribution in [2.45, 2.75) is 19.4 Å². The van der Waals surface area contributed by atoms with Gasteiger partial charge in [-0.15, -0.1) is 0 Å². The van der Waals surface area contributed by atoms with Gasteiger partial charge in [-0.3, -0.25) is 9.48 Å². The minimum atomic E-state index is -0.628. The number of rotatable bonds is 6. The zero-order valence-electron chi connectivity index (χ0n) is 13.9. The average Bonchev–Trinajstić information content (AvgIpc) is 2.98. The number of ether oxygens (including phenoxy) is 1. The highest BCUT2D eigenvalue weighted by atomic mass is 16.5. The zero-order valence-corrected chi connectivity index (χ0v) is 13.9. The van der Waals surface area contributed by atoms with Gasteiger partial charge < -0.3 is 21.1 Å². The van der Waals surface area contributed by atoms with Gasteiger partial charge in [0.15, 0.2) is 0 Å². The summed E-state index contributed by atoms with van der Waals surface area (Å²) in [4.78, 5) is 23.7. The van der Waals surface area contributed by atoms with Crippen LogP contribution >= 0.6 is 0 Å². The van der Waals surface area contributed by atoms with Crippen LogP contribution in [0.5, 0.6) is 5.75 Å². The number of carbonyl (C=O) groups excluding carboxylic acids is 2. The van der Waals surface area contributed by atoms with E-state index in [2.05, 4.69) is 15.7 Å². The smallest absolute Gasteiger partial charge is 0.319 e. The number of methoxy groups -OCH3 is 1. The Balaban J connectivity index is 2.10. The first-order valence-electron chi connectivity index (χ1n) is 7.49. The Morgan fingerprint density at radius 2 is 2.12 bits per heavy atom. The number of benzene rings is 1. The van der Waals surface area contributed by atoms with Crippen LogP contribution in [0.3, 0.4) is 0 Å². The topological polar surface area (TPSA) is 111 Å². The van der Waals surface area contributed by atoms with Gasteiger partial charge in [-0.2, -0.15) is 5.10 Å². The van der Waals surface area contributed by atoms with Crippen LogP contribution in [-0.4, -0.2) is 28.8 Å². The molecule has 8 heteroatoms. The summed E-state index contributed by atoms with van der Waals surface area (Å²) in [7, 11) is 3.27. The molecule has 0 aliphatic rings. The number of hydrogen-bond acceptors (Lipinski definition) is 4. The first kappa shape index (κ1) is 17.3. The first-order valence-corrected chi connectivity index (χ1v) is 7.49. The molecule has 1 aromatic heterocycles. The van der Waals surface area contributed by atoms with Crippen LogP contribution < -0.4 is 21.1 Å². The molecule has 1 aromatic carbocycles. The van der Waals surface area contributed by atoms with Crippen molar-refractivity contribution in [1.82, 2.24) is 15.1 Å². The summed E-state index contributed by atoms with van der Waals surface area (Å²) in [5.41, 5.74) is 6.87. The number of aryl methyl sites for hydroxylation is 1. The number of aromatic nitrogens is 2. The normalized spacial score (nSPS) is 11.6. The van der Waals surface area contributed by atoms with Crippen LogP contribution in [0.15, 0.2) is 30.5 Å². The number of carbonyl (C=O) groups is 2. The highest BCUT2D eigenvalue weighted by Crippen LogP contribution is 2.22. The molecule has 0 saturated heterocycles. The van der Waals surface area contributed by atoms with Gasteiger partial charge in [-0.25, -0.2) is 4.79 Å². The maximum absolute atomic E-state index is 12.2. The van der Waals surface area contributed by atoms with Crippen LogP contribution in [0.1, 0.15) is 35.4 Å². The highest BCUT2D eigenvalue weighted by molar-refractivity contribution is 5.98. The second kappa shape index (κ2) is 7.49. The summed E-state index contributed by atoms with van der Waals surface area (Å²) in [6.45, 7) is 1.97. The van der Waals surface area contributed by atoms with Gasteiger partial charge in [0.25, 0.3) is 5.91 Å². The third-order valence-electron chi connectivity index (χ3n) is 3.65. The average molecular weight is 331 g/mol. The molecular formula is C16H21N5O3. The summed E-state index contributed by atoms with van der Waals surface area (Å²) in [5.74, 6) is -0.271. The molecule has 0 aliphatic carbocycles. The fraction of sp³-hybridized carbons (Fsp3) is 0.312. The number of nitrogens with zero attached hydrogens (tertiary/aromatic N) is 2. The van der Waals surface area contributed by atoms with Crippen molar-refractivity contribution in [3.8, 4) is 5.75 Å². The Kier molecular flexibility index (Phi) is 5.41. The van der Waals surface area contributed by atoms with E-state index in [1.807, 2.05) is 20.0 Å². The van der Waals surface area contributed by atoms with E-state index in [-0.39, 0.29) is 17.6 Å². The van der Waals surface area contributed by atoms with Crippen LogP contribution in [0.25, 0.3) is 0 Å². The van der Waals surface area contributed by atoms with Gasteiger partial charge in [-0.1, -0.05) is 6.92 Å². The molecule has 0 bridgehead atoms. The number of urea groups is 1. The first-order chi connectivity index (χ1) is 11.5. The van der Waals surface area contributed by atoms with Crippen molar-refractivity contribution in [3.63, 3.8) is 0 Å². The molecule has 8 nitrogen and oxygen atoms in total. The van der Waals surface area contributed by atoms with Crippen LogP contribution in [0.2, 0.25) is 0 Å². The van der Waals surface area contributed by atoms with Crippen LogP contribution in [0, 0.1) is 0 Å². The minimum absolute atomic E-state index is 0.175. The summed E-state index contributed by atoms with van der Waals surface area (Å²) in [6.07, 6.45) is 2.39. The van der Waals surface area contributed by atoms with Crippen molar-refractivity contribution in [2.24, 2.45) is 12.8 Å². The second-order valence-electron chi connectivity index (χ2n) is 5.22. The van der Waals surface area contributed by atoms with E-state index in [1.165, 1.54) is 13.2 Å². The van der Waals surface area contributed by atoms with E-state index in [1.54, 1.807) is 23.0 Å². The van der Waals surface area contributed by atoms with E-state index in [0.29, 0.717) is 17.9 Å². The van der Waals surface area contributed by atoms with Gasteiger partial charge in [-0.05, 0) is 30.7 Å². The third-order valence-corrected chi connectivity index (χ3v) is 3.65. The fourth-order valence-electron chi connectivity index (χ4n) is 2.41. The molecule has 2 rings (SSSR count). The lowest BCUT2D eigenvalue weighted by Crippen LogP contribution is -2.33. The molecule has 2 aromatic rings. The molecule has 0 aliphatic heterocycles. The molecule has 0 saturated carbocycles. The molecule has 1 heterocycles. The Hall–Kier alpha value is -3.03. The Morgan fingerprint density at radius 3 is 2.67 bits per heavy atom. The summed E-state index contributed by atoms with van der Waals surface area (Å²) < 4.78 is 6.79. The number of amides is 3. The van der Waals surface area contributed by atoms with E-state index in [0.717, 1.165) is 5.69 Å². The van der Waals surface area contributed by atoms with Crippen LogP contribution in [0.4, 0.5) is 10.5 Å². The third kappa shape index (κ3) is 3.83. The molecule has 4 N–H and O–H groups in total. The molecule has 128 valence electrons. The predicted octanol–water partition coefficient (Wildman–Crippen LogP) is 1.80. The van der Waals surface area contributed by atoms with E-state index < -0.39 is 5.91 Å². The number of nitrogens with two attached hydrogens (primary N) is 1. The molecule has 1 unspecified atom stereocenters. The van der Waals surface area contributed by atoms with Gasteiger partial charge in [0.1, 0.15) is 5.75 Å². The van der Waals surface area contributed by atoms with Crippen molar-refractivity contribution in [3.05, 3.63) is 41.7 Å². The van der Waals surface area contributed by atoms with Crippen molar-refractivity contribution >= 4 is 17.6 Å². The zero-order chi connectivity index (χ0) is 17.7.